The Kier molecular flexibility index (Phi) is 4.04. The van der Waals surface area contributed by atoms with Gasteiger partial charge in [-0.05, 0) is 49.3 Å². The molecule has 0 bridgehead atoms. The molecule has 0 aromatic carbocycles. The lowest BCUT2D eigenvalue weighted by molar-refractivity contribution is 0.195. The summed E-state index contributed by atoms with van der Waals surface area (Å²) in [4.78, 5) is 10.4. The first-order chi connectivity index (χ1) is 11.3. The molecule has 0 radical (unpaired) electrons. The molecule has 4 nitrogen and oxygen atoms in total. The fraction of sp³-hybridized carbons (Fsp3) is 0.444. The highest BCUT2D eigenvalue weighted by Gasteiger charge is 2.43. The maximum absolute atomic E-state index is 5.72. The molecule has 0 amide bonds. The zero-order valence-corrected chi connectivity index (χ0v) is 13.9. The molecule has 1 saturated carbocycles. The number of aromatic amines is 1. The summed E-state index contributed by atoms with van der Waals surface area (Å²) in [7, 11) is 0. The normalized spacial score (nSPS) is 25.6. The van der Waals surface area contributed by atoms with E-state index in [4.69, 9.17) is 12.2 Å². The minimum Gasteiger partial charge on any atom is -0.363 e. The molecule has 23 heavy (non-hydrogen) atoms. The number of pyridine rings is 1. The van der Waals surface area contributed by atoms with E-state index in [-0.39, 0.29) is 12.1 Å². The average molecular weight is 326 g/mol. The largest absolute Gasteiger partial charge is 0.363 e. The number of hydrogen-bond acceptors (Lipinski definition) is 2. The minimum absolute atomic E-state index is 0.101. The van der Waals surface area contributed by atoms with Gasteiger partial charge in [-0.25, -0.2) is 0 Å². The van der Waals surface area contributed by atoms with Crippen molar-refractivity contribution in [3.8, 4) is 0 Å². The molecule has 2 aromatic heterocycles. The van der Waals surface area contributed by atoms with Crippen molar-refractivity contribution in [3.05, 3.63) is 54.1 Å². The van der Waals surface area contributed by atoms with Crippen molar-refractivity contribution in [2.75, 3.05) is 0 Å². The molecule has 0 spiro atoms. The van der Waals surface area contributed by atoms with Crippen molar-refractivity contribution in [2.45, 2.75) is 50.2 Å². The monoisotopic (exact) mass is 326 g/mol. The second-order valence-electron chi connectivity index (χ2n) is 6.45. The van der Waals surface area contributed by atoms with Crippen molar-refractivity contribution in [3.63, 3.8) is 0 Å². The Labute approximate surface area is 142 Å². The second kappa shape index (κ2) is 6.32. The van der Waals surface area contributed by atoms with Crippen LogP contribution in [-0.4, -0.2) is 26.0 Å². The second-order valence-corrected chi connectivity index (χ2v) is 6.84. The number of aromatic nitrogens is 2. The van der Waals surface area contributed by atoms with E-state index in [1.807, 2.05) is 24.5 Å². The molecule has 2 atom stereocenters. The van der Waals surface area contributed by atoms with Gasteiger partial charge in [-0.3, -0.25) is 4.98 Å². The number of thiocarbonyl (C=S) groups is 1. The quantitative estimate of drug-likeness (QED) is 0.844. The molecular weight excluding hydrogens is 304 g/mol. The average Bonchev–Trinajstić information content (AvgIpc) is 3.24. The summed E-state index contributed by atoms with van der Waals surface area (Å²) < 4.78 is 0. The third kappa shape index (κ3) is 2.74. The van der Waals surface area contributed by atoms with Crippen molar-refractivity contribution in [1.29, 1.82) is 0 Å². The lowest BCUT2D eigenvalue weighted by Gasteiger charge is -2.36. The van der Waals surface area contributed by atoms with E-state index in [0.717, 1.165) is 10.8 Å². The van der Waals surface area contributed by atoms with Gasteiger partial charge in [0.05, 0.1) is 17.8 Å². The van der Waals surface area contributed by atoms with Crippen molar-refractivity contribution >= 4 is 17.3 Å². The standard InChI is InChI=1S/C18H22N4S/c23-18-21-16(14-9-4-5-11-19-14)17(15-10-6-12-20-15)22(18)13-7-2-1-3-8-13/h4-6,9-13,16-17,20H,1-3,7-8H2,(H,21,23)/t16-,17+/m0/s1. The molecule has 2 aliphatic rings. The van der Waals surface area contributed by atoms with Crippen LogP contribution in [0.4, 0.5) is 0 Å². The molecule has 4 rings (SSSR count). The number of hydrogen-bond donors (Lipinski definition) is 2. The third-order valence-electron chi connectivity index (χ3n) is 5.04. The molecule has 1 aliphatic carbocycles. The zero-order chi connectivity index (χ0) is 15.6. The van der Waals surface area contributed by atoms with E-state index >= 15 is 0 Å². The summed E-state index contributed by atoms with van der Waals surface area (Å²) in [5.41, 5.74) is 2.26. The van der Waals surface area contributed by atoms with Crippen LogP contribution >= 0.6 is 12.2 Å². The first-order valence-electron chi connectivity index (χ1n) is 8.47. The van der Waals surface area contributed by atoms with Crippen molar-refractivity contribution in [2.24, 2.45) is 0 Å². The van der Waals surface area contributed by atoms with Gasteiger partial charge in [0.15, 0.2) is 5.11 Å². The van der Waals surface area contributed by atoms with Crippen molar-refractivity contribution in [1.82, 2.24) is 20.2 Å². The molecule has 1 saturated heterocycles. The zero-order valence-electron chi connectivity index (χ0n) is 13.1. The van der Waals surface area contributed by atoms with E-state index in [2.05, 4.69) is 38.4 Å². The van der Waals surface area contributed by atoms with Crippen molar-refractivity contribution < 1.29 is 0 Å². The molecule has 2 aromatic rings. The predicted molar refractivity (Wildman–Crippen MR) is 95.0 cm³/mol. The predicted octanol–water partition coefficient (Wildman–Crippen LogP) is 3.71. The highest BCUT2D eigenvalue weighted by Crippen LogP contribution is 2.41. The highest BCUT2D eigenvalue weighted by molar-refractivity contribution is 7.80. The van der Waals surface area contributed by atoms with Crippen LogP contribution in [0.25, 0.3) is 0 Å². The van der Waals surface area contributed by atoms with E-state index in [1.165, 1.54) is 37.8 Å². The van der Waals surface area contributed by atoms with Gasteiger partial charge in [0, 0.05) is 24.1 Å². The van der Waals surface area contributed by atoms with Crippen LogP contribution in [-0.2, 0) is 0 Å². The molecule has 2 N–H and O–H groups in total. The Bertz CT molecular complexity index is 649. The summed E-state index contributed by atoms with van der Waals surface area (Å²) in [6.07, 6.45) is 10.3. The summed E-state index contributed by atoms with van der Waals surface area (Å²) in [6.45, 7) is 0. The van der Waals surface area contributed by atoms with Crippen LogP contribution in [0.2, 0.25) is 0 Å². The maximum Gasteiger partial charge on any atom is 0.170 e. The first-order valence-corrected chi connectivity index (χ1v) is 8.88. The Morgan fingerprint density at radius 2 is 1.96 bits per heavy atom. The molecule has 0 unspecified atom stereocenters. The van der Waals surface area contributed by atoms with Gasteiger partial charge in [-0.15, -0.1) is 0 Å². The topological polar surface area (TPSA) is 44.0 Å². The molecule has 1 aliphatic heterocycles. The van der Waals surface area contributed by atoms with Gasteiger partial charge in [0.25, 0.3) is 0 Å². The lowest BCUT2D eigenvalue weighted by atomic mass is 9.92. The van der Waals surface area contributed by atoms with Crippen LogP contribution in [0.5, 0.6) is 0 Å². The number of H-pyrrole nitrogens is 1. The number of nitrogens with zero attached hydrogens (tertiary/aromatic N) is 2. The van der Waals surface area contributed by atoms with Crippen LogP contribution < -0.4 is 5.32 Å². The van der Waals surface area contributed by atoms with E-state index in [1.54, 1.807) is 0 Å². The molecule has 5 heteroatoms. The smallest absolute Gasteiger partial charge is 0.170 e. The van der Waals surface area contributed by atoms with Gasteiger partial charge in [0.1, 0.15) is 0 Å². The molecule has 120 valence electrons. The number of rotatable bonds is 3. The first kappa shape index (κ1) is 14.7. The van der Waals surface area contributed by atoms with Gasteiger partial charge >= 0.3 is 0 Å². The van der Waals surface area contributed by atoms with E-state index in [0.29, 0.717) is 6.04 Å². The van der Waals surface area contributed by atoms with Gasteiger partial charge in [0.2, 0.25) is 0 Å². The van der Waals surface area contributed by atoms with Crippen LogP contribution in [0.15, 0.2) is 42.7 Å². The summed E-state index contributed by atoms with van der Waals surface area (Å²) in [6, 6.07) is 11.1. The summed E-state index contributed by atoms with van der Waals surface area (Å²) >= 11 is 5.72. The van der Waals surface area contributed by atoms with Gasteiger partial charge in [-0.1, -0.05) is 25.3 Å². The number of nitrogens with one attached hydrogen (secondary N) is 2. The highest BCUT2D eigenvalue weighted by atomic mass is 32.1. The Balaban J connectivity index is 1.71. The fourth-order valence-electron chi connectivity index (χ4n) is 3.98. The van der Waals surface area contributed by atoms with Crippen LogP contribution in [0.1, 0.15) is 55.6 Å². The lowest BCUT2D eigenvalue weighted by Crippen LogP contribution is -2.40. The SMILES string of the molecule is S=C1N[C@@H](c2ccccn2)[C@@H](c2ccc[nH]2)N1C1CCCCC1. The maximum atomic E-state index is 5.72. The Hall–Kier alpha value is -1.88. The Morgan fingerprint density at radius 3 is 2.65 bits per heavy atom. The van der Waals surface area contributed by atoms with Gasteiger partial charge in [-0.2, -0.15) is 0 Å². The minimum atomic E-state index is 0.101. The summed E-state index contributed by atoms with van der Waals surface area (Å²) in [5.74, 6) is 0. The molecular formula is C18H22N4S. The third-order valence-corrected chi connectivity index (χ3v) is 5.37. The molecule has 3 heterocycles. The Morgan fingerprint density at radius 1 is 1.09 bits per heavy atom. The fourth-order valence-corrected chi connectivity index (χ4v) is 4.37. The van der Waals surface area contributed by atoms with E-state index in [9.17, 15) is 0 Å². The van der Waals surface area contributed by atoms with Gasteiger partial charge < -0.3 is 15.2 Å². The van der Waals surface area contributed by atoms with Crippen LogP contribution in [0, 0.1) is 0 Å². The van der Waals surface area contributed by atoms with E-state index < -0.39 is 0 Å². The molecule has 2 fully saturated rings. The summed E-state index contributed by atoms with van der Waals surface area (Å²) in [5, 5.41) is 4.40. The van der Waals surface area contributed by atoms with Crippen LogP contribution in [0.3, 0.4) is 0 Å².